The fraction of sp³-hybridized carbons (Fsp3) is 0.154. The Hall–Kier alpha value is -1.65. The molecule has 2 aromatic heterocycles. The first-order chi connectivity index (χ1) is 9.17. The van der Waals surface area contributed by atoms with E-state index >= 15 is 0 Å². The molecule has 19 heavy (non-hydrogen) atoms. The largest absolute Gasteiger partial charge is 0.250 e. The Labute approximate surface area is 120 Å². The third-order valence-corrected chi connectivity index (χ3v) is 3.35. The van der Waals surface area contributed by atoms with Crippen LogP contribution >= 0.6 is 23.2 Å². The lowest BCUT2D eigenvalue weighted by atomic mass is 10.1. The van der Waals surface area contributed by atoms with Crippen LogP contribution in [0.4, 0.5) is 0 Å². The van der Waals surface area contributed by atoms with E-state index in [1.807, 2.05) is 25.1 Å². The smallest absolute Gasteiger partial charge is 0.217 e. The van der Waals surface area contributed by atoms with Gasteiger partial charge < -0.3 is 0 Å². The van der Waals surface area contributed by atoms with Gasteiger partial charge in [0.15, 0.2) is 0 Å². The van der Waals surface area contributed by atoms with Gasteiger partial charge in [0.05, 0.1) is 24.0 Å². The minimum atomic E-state index is 0.348. The maximum absolute atomic E-state index is 5.96. The van der Waals surface area contributed by atoms with Gasteiger partial charge in [0.25, 0.3) is 5.78 Å². The number of imidazole rings is 1. The number of aryl methyl sites for hydroxylation is 1. The van der Waals surface area contributed by atoms with Crippen LogP contribution in [-0.4, -0.2) is 19.6 Å². The molecule has 0 aliphatic heterocycles. The van der Waals surface area contributed by atoms with E-state index in [1.165, 1.54) is 0 Å². The lowest BCUT2D eigenvalue weighted by Gasteiger charge is -2.05. The molecule has 0 atom stereocenters. The van der Waals surface area contributed by atoms with E-state index < -0.39 is 0 Å². The summed E-state index contributed by atoms with van der Waals surface area (Å²) in [4.78, 5) is 8.53. The maximum atomic E-state index is 5.96. The second kappa shape index (κ2) is 4.79. The number of alkyl halides is 1. The summed E-state index contributed by atoms with van der Waals surface area (Å²) in [5.41, 5.74) is 3.59. The highest BCUT2D eigenvalue weighted by Crippen LogP contribution is 2.23. The van der Waals surface area contributed by atoms with Crippen molar-refractivity contribution in [1.29, 1.82) is 0 Å². The van der Waals surface area contributed by atoms with E-state index in [4.69, 9.17) is 23.2 Å². The van der Waals surface area contributed by atoms with E-state index in [0.29, 0.717) is 16.7 Å². The van der Waals surface area contributed by atoms with Gasteiger partial charge >= 0.3 is 0 Å². The van der Waals surface area contributed by atoms with Crippen molar-refractivity contribution in [2.24, 2.45) is 0 Å². The Balaban J connectivity index is 2.14. The van der Waals surface area contributed by atoms with Crippen molar-refractivity contribution >= 4 is 29.0 Å². The summed E-state index contributed by atoms with van der Waals surface area (Å²) in [7, 11) is 0. The number of aromatic nitrogens is 4. The molecule has 0 amide bonds. The molecule has 4 nitrogen and oxygen atoms in total. The zero-order valence-electron chi connectivity index (χ0n) is 10.1. The molecule has 0 bridgehead atoms. The first kappa shape index (κ1) is 12.4. The van der Waals surface area contributed by atoms with Crippen LogP contribution in [0.2, 0.25) is 5.02 Å². The van der Waals surface area contributed by atoms with Gasteiger partial charge in [0.2, 0.25) is 0 Å². The van der Waals surface area contributed by atoms with Gasteiger partial charge in [-0.1, -0.05) is 17.7 Å². The van der Waals surface area contributed by atoms with E-state index in [9.17, 15) is 0 Å². The summed E-state index contributed by atoms with van der Waals surface area (Å²) in [5.74, 6) is 0.895. The van der Waals surface area contributed by atoms with Crippen LogP contribution in [-0.2, 0) is 5.88 Å². The van der Waals surface area contributed by atoms with E-state index in [2.05, 4.69) is 15.1 Å². The summed E-state index contributed by atoms with van der Waals surface area (Å²) in [5, 5.41) is 5.21. The Morgan fingerprint density at radius 1 is 1.32 bits per heavy atom. The molecular weight excluding hydrogens is 283 g/mol. The molecule has 6 heteroatoms. The fourth-order valence-electron chi connectivity index (χ4n) is 1.93. The minimum Gasteiger partial charge on any atom is -0.217 e. The molecule has 0 aliphatic rings. The zero-order valence-corrected chi connectivity index (χ0v) is 11.7. The molecule has 0 saturated heterocycles. The lowest BCUT2D eigenvalue weighted by molar-refractivity contribution is 0.907. The number of benzene rings is 1. The highest BCUT2D eigenvalue weighted by molar-refractivity contribution is 6.30. The average molecular weight is 293 g/mol. The number of hydrogen-bond acceptors (Lipinski definition) is 3. The van der Waals surface area contributed by atoms with Gasteiger partial charge in [0, 0.05) is 10.6 Å². The standard InChI is InChI=1S/C13H10Cl2N4/c1-8-4-9(15)2-3-11(8)12-6-16-13-17-10(5-14)7-19(13)18-12/h2-4,6-7H,5H2,1H3. The molecule has 3 rings (SSSR count). The average Bonchev–Trinajstić information content (AvgIpc) is 2.80. The van der Waals surface area contributed by atoms with Crippen molar-refractivity contribution in [3.05, 3.63) is 46.9 Å². The normalized spacial score (nSPS) is 11.1. The molecule has 0 fully saturated rings. The van der Waals surface area contributed by atoms with Gasteiger partial charge in [-0.15, -0.1) is 11.6 Å². The number of rotatable bonds is 2. The lowest BCUT2D eigenvalue weighted by Crippen LogP contribution is -1.97. The molecule has 0 N–H and O–H groups in total. The van der Waals surface area contributed by atoms with Crippen LogP contribution in [0.1, 0.15) is 11.3 Å². The predicted molar refractivity (Wildman–Crippen MR) is 75.5 cm³/mol. The van der Waals surface area contributed by atoms with Crippen molar-refractivity contribution < 1.29 is 0 Å². The van der Waals surface area contributed by atoms with Gasteiger partial charge in [-0.05, 0) is 24.6 Å². The Kier molecular flexibility index (Phi) is 3.12. The number of hydrogen-bond donors (Lipinski definition) is 0. The molecule has 2 heterocycles. The van der Waals surface area contributed by atoms with Crippen LogP contribution in [0, 0.1) is 6.92 Å². The summed E-state index contributed by atoms with van der Waals surface area (Å²) in [6.45, 7) is 1.99. The molecule has 96 valence electrons. The third-order valence-electron chi connectivity index (χ3n) is 2.84. The SMILES string of the molecule is Cc1cc(Cl)ccc1-c1cnc2nc(CCl)cn2n1. The summed E-state index contributed by atoms with van der Waals surface area (Å²) >= 11 is 11.7. The molecule has 0 radical (unpaired) electrons. The topological polar surface area (TPSA) is 43.1 Å². The summed E-state index contributed by atoms with van der Waals surface area (Å²) < 4.78 is 1.64. The third kappa shape index (κ3) is 2.29. The highest BCUT2D eigenvalue weighted by Gasteiger charge is 2.08. The molecule has 3 aromatic rings. The molecular formula is C13H10Cl2N4. The minimum absolute atomic E-state index is 0.348. The number of nitrogens with zero attached hydrogens (tertiary/aromatic N) is 4. The van der Waals surface area contributed by atoms with Crippen LogP contribution in [0.25, 0.3) is 17.0 Å². The number of halogens is 2. The molecule has 0 spiro atoms. The predicted octanol–water partition coefficient (Wildman–Crippen LogP) is 3.49. The van der Waals surface area contributed by atoms with E-state index in [1.54, 1.807) is 16.9 Å². The molecule has 0 aliphatic carbocycles. The quantitative estimate of drug-likeness (QED) is 0.679. The van der Waals surface area contributed by atoms with E-state index in [0.717, 1.165) is 22.5 Å². The maximum Gasteiger partial charge on any atom is 0.250 e. The van der Waals surface area contributed by atoms with Crippen LogP contribution in [0.15, 0.2) is 30.6 Å². The second-order valence-corrected chi connectivity index (χ2v) is 4.92. The first-order valence-electron chi connectivity index (χ1n) is 5.71. The van der Waals surface area contributed by atoms with Crippen molar-refractivity contribution in [3.63, 3.8) is 0 Å². The summed E-state index contributed by atoms with van der Waals surface area (Å²) in [6, 6.07) is 5.68. The first-order valence-corrected chi connectivity index (χ1v) is 6.62. The van der Waals surface area contributed by atoms with Gasteiger partial charge in [-0.2, -0.15) is 5.10 Å². The highest BCUT2D eigenvalue weighted by atomic mass is 35.5. The van der Waals surface area contributed by atoms with Crippen molar-refractivity contribution in [3.8, 4) is 11.3 Å². The zero-order chi connectivity index (χ0) is 13.4. The van der Waals surface area contributed by atoms with Gasteiger partial charge in [-0.3, -0.25) is 0 Å². The summed E-state index contributed by atoms with van der Waals surface area (Å²) in [6.07, 6.45) is 3.49. The van der Waals surface area contributed by atoms with Crippen molar-refractivity contribution in [2.45, 2.75) is 12.8 Å². The Morgan fingerprint density at radius 2 is 2.16 bits per heavy atom. The Morgan fingerprint density at radius 3 is 2.89 bits per heavy atom. The van der Waals surface area contributed by atoms with E-state index in [-0.39, 0.29) is 0 Å². The second-order valence-electron chi connectivity index (χ2n) is 4.21. The molecule has 1 aromatic carbocycles. The number of fused-ring (bicyclic) bond motifs is 1. The van der Waals surface area contributed by atoms with Crippen LogP contribution in [0.5, 0.6) is 0 Å². The van der Waals surface area contributed by atoms with Crippen LogP contribution in [0.3, 0.4) is 0 Å². The van der Waals surface area contributed by atoms with Crippen LogP contribution < -0.4 is 0 Å². The molecule has 0 saturated carbocycles. The Bertz CT molecular complexity index is 751. The van der Waals surface area contributed by atoms with Crippen molar-refractivity contribution in [2.75, 3.05) is 0 Å². The van der Waals surface area contributed by atoms with Crippen molar-refractivity contribution in [1.82, 2.24) is 19.6 Å². The molecule has 0 unspecified atom stereocenters. The monoisotopic (exact) mass is 292 g/mol. The van der Waals surface area contributed by atoms with Gasteiger partial charge in [0.1, 0.15) is 5.69 Å². The fourth-order valence-corrected chi connectivity index (χ4v) is 2.29. The van der Waals surface area contributed by atoms with Gasteiger partial charge in [-0.25, -0.2) is 14.5 Å².